The quantitative estimate of drug-likeness (QED) is 0.281. The van der Waals surface area contributed by atoms with Crippen LogP contribution in [-0.4, -0.2) is 68.1 Å². The van der Waals surface area contributed by atoms with Crippen molar-refractivity contribution in [1.82, 2.24) is 0 Å². The van der Waals surface area contributed by atoms with Crippen LogP contribution in [0.1, 0.15) is 0 Å². The monoisotopic (exact) mass is 263 g/mol. The summed E-state index contributed by atoms with van der Waals surface area (Å²) in [7, 11) is 0. The highest BCUT2D eigenvalue weighted by molar-refractivity contribution is 5.98. The van der Waals surface area contributed by atoms with Gasteiger partial charge >= 0.3 is 5.97 Å². The Morgan fingerprint density at radius 2 is 1.94 bits per heavy atom. The average molecular weight is 263 g/mol. The van der Waals surface area contributed by atoms with Gasteiger partial charge in [0.15, 0.2) is 0 Å². The predicted molar refractivity (Wildman–Crippen MR) is 53.8 cm³/mol. The summed E-state index contributed by atoms with van der Waals surface area (Å²) >= 11 is 0. The highest BCUT2D eigenvalue weighted by Crippen LogP contribution is 2.35. The van der Waals surface area contributed by atoms with Gasteiger partial charge < -0.3 is 36.0 Å². The summed E-state index contributed by atoms with van der Waals surface area (Å²) in [5, 5.41) is 46.6. The number of nitrogens with two attached hydrogens (primary N) is 1. The summed E-state index contributed by atoms with van der Waals surface area (Å²) < 4.78 is 4.70. The van der Waals surface area contributed by atoms with Crippen molar-refractivity contribution in [2.24, 2.45) is 5.73 Å². The van der Waals surface area contributed by atoms with E-state index in [1.54, 1.807) is 0 Å². The average Bonchev–Trinajstić information content (AvgIpc) is 2.50. The summed E-state index contributed by atoms with van der Waals surface area (Å²) in [4.78, 5) is 21.6. The van der Waals surface area contributed by atoms with Gasteiger partial charge in [0, 0.05) is 6.08 Å². The predicted octanol–water partition coefficient (Wildman–Crippen LogP) is -3.72. The van der Waals surface area contributed by atoms with Crippen LogP contribution in [0, 0.1) is 0 Å². The van der Waals surface area contributed by atoms with E-state index in [9.17, 15) is 24.9 Å². The number of amides is 1. The van der Waals surface area contributed by atoms with E-state index >= 15 is 0 Å². The first-order valence-electron chi connectivity index (χ1n) is 4.86. The normalized spacial score (nSPS) is 36.7. The number of ether oxygens (including phenoxy) is 1. The van der Waals surface area contributed by atoms with Crippen LogP contribution in [0.4, 0.5) is 0 Å². The number of carbonyl (C=O) groups excluding carboxylic acids is 1. The largest absolute Gasteiger partial charge is 0.478 e. The maximum absolute atomic E-state index is 10.9. The molecule has 1 aliphatic rings. The number of primary amides is 1. The number of aliphatic hydroxyl groups is 4. The Kier molecular flexibility index (Phi) is 4.04. The number of hydrogen-bond acceptors (Lipinski definition) is 7. The summed E-state index contributed by atoms with van der Waals surface area (Å²) in [6.07, 6.45) is -4.79. The molecule has 1 aliphatic heterocycles. The molecule has 9 nitrogen and oxygen atoms in total. The molecule has 0 bridgehead atoms. The minimum atomic E-state index is -2.83. The number of aliphatic hydroxyl groups excluding tert-OH is 3. The summed E-state index contributed by atoms with van der Waals surface area (Å²) in [6, 6.07) is 0. The Labute approximate surface area is 101 Å². The third kappa shape index (κ3) is 2.35. The van der Waals surface area contributed by atoms with Gasteiger partial charge in [0.25, 0.3) is 0 Å². The van der Waals surface area contributed by atoms with E-state index < -0.39 is 48.2 Å². The molecule has 1 rings (SSSR count). The van der Waals surface area contributed by atoms with E-state index in [-0.39, 0.29) is 0 Å². The molecule has 1 heterocycles. The standard InChI is InChI=1S/C9H13NO8/c10-5(12)1-3(8(15)16)9(17)7(14)6(13)4(2-11)18-9/h1,4,6-7,11,13-14,17H,2H2,(H2,10,12)(H,15,16)/t4-,6+,7-,9?/m1/s1. The first-order valence-corrected chi connectivity index (χ1v) is 4.86. The van der Waals surface area contributed by atoms with Gasteiger partial charge in [-0.05, 0) is 0 Å². The second-order valence-electron chi connectivity index (χ2n) is 3.74. The lowest BCUT2D eigenvalue weighted by molar-refractivity contribution is -0.207. The van der Waals surface area contributed by atoms with E-state index in [0.717, 1.165) is 0 Å². The first-order chi connectivity index (χ1) is 8.24. The second-order valence-corrected chi connectivity index (χ2v) is 3.74. The van der Waals surface area contributed by atoms with Crippen molar-refractivity contribution in [2.75, 3.05) is 6.61 Å². The molecule has 7 N–H and O–H groups in total. The zero-order chi connectivity index (χ0) is 14.1. The summed E-state index contributed by atoms with van der Waals surface area (Å²) in [5.41, 5.74) is 3.74. The van der Waals surface area contributed by atoms with E-state index in [0.29, 0.717) is 6.08 Å². The molecule has 0 aromatic heterocycles. The van der Waals surface area contributed by atoms with Crippen molar-refractivity contribution in [1.29, 1.82) is 0 Å². The molecule has 102 valence electrons. The topological polar surface area (TPSA) is 171 Å². The van der Waals surface area contributed by atoms with Crippen LogP contribution in [0.15, 0.2) is 11.6 Å². The molecule has 0 saturated carbocycles. The molecule has 0 aromatic rings. The molecule has 0 radical (unpaired) electrons. The molecule has 1 amide bonds. The molecular formula is C9H13NO8. The third-order valence-electron chi connectivity index (χ3n) is 2.52. The van der Waals surface area contributed by atoms with Crippen LogP contribution < -0.4 is 5.73 Å². The van der Waals surface area contributed by atoms with Gasteiger partial charge in [-0.2, -0.15) is 0 Å². The number of hydrogen-bond donors (Lipinski definition) is 6. The lowest BCUT2D eigenvalue weighted by Gasteiger charge is -2.26. The molecule has 1 saturated heterocycles. The number of aliphatic carboxylic acids is 1. The van der Waals surface area contributed by atoms with Gasteiger partial charge in [-0.3, -0.25) is 4.79 Å². The minimum Gasteiger partial charge on any atom is -0.478 e. The van der Waals surface area contributed by atoms with E-state index in [1.807, 2.05) is 0 Å². The van der Waals surface area contributed by atoms with Crippen LogP contribution in [0.3, 0.4) is 0 Å². The highest BCUT2D eigenvalue weighted by atomic mass is 16.7. The van der Waals surface area contributed by atoms with Crippen molar-refractivity contribution >= 4 is 11.9 Å². The number of carboxylic acids is 1. The van der Waals surface area contributed by atoms with E-state index in [4.69, 9.17) is 20.7 Å². The van der Waals surface area contributed by atoms with Crippen molar-refractivity contribution in [2.45, 2.75) is 24.1 Å². The van der Waals surface area contributed by atoms with Crippen molar-refractivity contribution in [3.63, 3.8) is 0 Å². The van der Waals surface area contributed by atoms with Crippen LogP contribution in [-0.2, 0) is 14.3 Å². The van der Waals surface area contributed by atoms with Crippen molar-refractivity contribution in [3.8, 4) is 0 Å². The fourth-order valence-electron chi connectivity index (χ4n) is 1.63. The molecule has 18 heavy (non-hydrogen) atoms. The Bertz CT molecular complexity index is 394. The Morgan fingerprint density at radius 3 is 2.28 bits per heavy atom. The lowest BCUT2D eigenvalue weighted by Crippen LogP contribution is -2.47. The Morgan fingerprint density at radius 1 is 1.39 bits per heavy atom. The van der Waals surface area contributed by atoms with E-state index in [1.165, 1.54) is 0 Å². The smallest absolute Gasteiger partial charge is 0.337 e. The van der Waals surface area contributed by atoms with Crippen LogP contribution in [0.2, 0.25) is 0 Å². The lowest BCUT2D eigenvalue weighted by atomic mass is 9.97. The zero-order valence-corrected chi connectivity index (χ0v) is 9.05. The molecule has 4 atom stereocenters. The molecular weight excluding hydrogens is 250 g/mol. The number of rotatable bonds is 4. The number of carbonyl (C=O) groups is 2. The molecule has 1 unspecified atom stereocenters. The second kappa shape index (κ2) is 5.00. The molecule has 0 aliphatic carbocycles. The Balaban J connectivity index is 3.19. The van der Waals surface area contributed by atoms with Crippen LogP contribution in [0.25, 0.3) is 0 Å². The highest BCUT2D eigenvalue weighted by Gasteiger charge is 2.57. The van der Waals surface area contributed by atoms with Gasteiger partial charge in [0.05, 0.1) is 6.61 Å². The van der Waals surface area contributed by atoms with Crippen molar-refractivity contribution < 1.29 is 39.9 Å². The molecule has 0 spiro atoms. The minimum absolute atomic E-state index is 0.359. The van der Waals surface area contributed by atoms with Gasteiger partial charge in [-0.1, -0.05) is 0 Å². The molecule has 0 aromatic carbocycles. The van der Waals surface area contributed by atoms with Gasteiger partial charge in [0.1, 0.15) is 23.9 Å². The van der Waals surface area contributed by atoms with Crippen molar-refractivity contribution in [3.05, 3.63) is 11.6 Å². The maximum atomic E-state index is 10.9. The summed E-state index contributed by atoms with van der Waals surface area (Å²) in [5.74, 6) is -5.77. The molecule has 1 fully saturated rings. The molecule has 9 heteroatoms. The summed E-state index contributed by atoms with van der Waals surface area (Å²) in [6.45, 7) is -0.760. The van der Waals surface area contributed by atoms with Crippen LogP contribution in [0.5, 0.6) is 0 Å². The fraction of sp³-hybridized carbons (Fsp3) is 0.556. The third-order valence-corrected chi connectivity index (χ3v) is 2.52. The van der Waals surface area contributed by atoms with E-state index in [2.05, 4.69) is 0 Å². The number of carboxylic acid groups (broad SMARTS) is 1. The fourth-order valence-corrected chi connectivity index (χ4v) is 1.63. The first kappa shape index (κ1) is 14.5. The maximum Gasteiger partial charge on any atom is 0.337 e. The van der Waals surface area contributed by atoms with Gasteiger partial charge in [0.2, 0.25) is 11.7 Å². The van der Waals surface area contributed by atoms with Crippen LogP contribution >= 0.6 is 0 Å². The van der Waals surface area contributed by atoms with Gasteiger partial charge in [-0.15, -0.1) is 0 Å². The SMILES string of the molecule is NC(=O)C=C(C(=O)O)C1(O)O[C@H](CO)[C@H](O)[C@H]1O. The Hall–Kier alpha value is -1.52. The zero-order valence-electron chi connectivity index (χ0n) is 9.05. The van der Waals surface area contributed by atoms with Gasteiger partial charge in [-0.25, -0.2) is 4.79 Å².